The monoisotopic (exact) mass is 335 g/mol. The maximum Gasteiger partial charge on any atom is 0.451 e. The van der Waals surface area contributed by atoms with Crippen molar-refractivity contribution < 1.29 is 18.0 Å². The van der Waals surface area contributed by atoms with E-state index >= 15 is 0 Å². The molecule has 2 amide bonds. The first kappa shape index (κ1) is 17.4. The Hall–Kier alpha value is -2.00. The van der Waals surface area contributed by atoms with E-state index in [4.69, 9.17) is 0 Å². The van der Waals surface area contributed by atoms with Crippen LogP contribution in [-0.2, 0) is 13.2 Å². The van der Waals surface area contributed by atoms with Gasteiger partial charge in [0.25, 0.3) is 0 Å². The van der Waals surface area contributed by atoms with Gasteiger partial charge in [-0.3, -0.25) is 4.57 Å². The first-order chi connectivity index (χ1) is 10.6. The van der Waals surface area contributed by atoms with Gasteiger partial charge in [0.15, 0.2) is 0 Å². The van der Waals surface area contributed by atoms with Gasteiger partial charge in [-0.25, -0.2) is 14.3 Å². The third kappa shape index (κ3) is 3.67. The molecule has 23 heavy (non-hydrogen) atoms. The maximum atomic E-state index is 12.8. The molecule has 1 N–H and O–H groups in total. The van der Waals surface area contributed by atoms with Gasteiger partial charge in [0.2, 0.25) is 5.82 Å². The number of aromatic nitrogens is 3. The number of rotatable bonds is 2. The molecule has 1 saturated heterocycles. The topological polar surface area (TPSA) is 72.2 Å². The van der Waals surface area contributed by atoms with Crippen LogP contribution in [0.1, 0.15) is 38.6 Å². The van der Waals surface area contributed by atoms with Gasteiger partial charge in [-0.15, -0.1) is 5.10 Å². The molecule has 0 aliphatic carbocycles. The largest absolute Gasteiger partial charge is 0.451 e. The first-order valence-corrected chi connectivity index (χ1v) is 7.39. The molecule has 1 aromatic rings. The van der Waals surface area contributed by atoms with Crippen molar-refractivity contribution in [2.45, 2.75) is 44.9 Å². The number of hydrogen-bond acceptors (Lipinski definition) is 3. The predicted molar refractivity (Wildman–Crippen MR) is 76.0 cm³/mol. The van der Waals surface area contributed by atoms with Crippen LogP contribution in [0.4, 0.5) is 18.0 Å². The lowest BCUT2D eigenvalue weighted by atomic mass is 10.1. The van der Waals surface area contributed by atoms with Crippen LogP contribution < -0.4 is 11.0 Å². The summed E-state index contributed by atoms with van der Waals surface area (Å²) in [5, 5.41) is 6.21. The molecular weight excluding hydrogens is 315 g/mol. The average Bonchev–Trinajstić information content (AvgIpc) is 2.75. The highest BCUT2D eigenvalue weighted by atomic mass is 19.4. The maximum absolute atomic E-state index is 12.8. The van der Waals surface area contributed by atoms with Gasteiger partial charge >= 0.3 is 17.9 Å². The van der Waals surface area contributed by atoms with E-state index in [-0.39, 0.29) is 12.1 Å². The average molecular weight is 335 g/mol. The molecule has 130 valence electrons. The van der Waals surface area contributed by atoms with Crippen molar-refractivity contribution >= 4 is 6.03 Å². The Morgan fingerprint density at radius 1 is 1.30 bits per heavy atom. The zero-order chi connectivity index (χ0) is 17.4. The molecule has 0 bridgehead atoms. The van der Waals surface area contributed by atoms with E-state index in [1.165, 1.54) is 0 Å². The zero-order valence-electron chi connectivity index (χ0n) is 13.2. The van der Waals surface area contributed by atoms with E-state index in [0.29, 0.717) is 30.5 Å². The van der Waals surface area contributed by atoms with Crippen LogP contribution in [0.2, 0.25) is 0 Å². The second-order valence-electron chi connectivity index (χ2n) is 5.93. The highest BCUT2D eigenvalue weighted by molar-refractivity contribution is 5.74. The Bertz CT molecular complexity index is 627. The van der Waals surface area contributed by atoms with Crippen LogP contribution >= 0.6 is 0 Å². The summed E-state index contributed by atoms with van der Waals surface area (Å²) < 4.78 is 39.8. The Labute approximate surface area is 131 Å². The molecule has 0 spiro atoms. The molecule has 10 heteroatoms. The highest BCUT2D eigenvalue weighted by Crippen LogP contribution is 2.28. The van der Waals surface area contributed by atoms with E-state index in [0.717, 1.165) is 11.7 Å². The quantitative estimate of drug-likeness (QED) is 0.887. The summed E-state index contributed by atoms with van der Waals surface area (Å²) in [5.74, 6) is -1.21. The van der Waals surface area contributed by atoms with Crippen LogP contribution in [0.25, 0.3) is 0 Å². The second kappa shape index (κ2) is 6.25. The molecule has 7 nitrogen and oxygen atoms in total. The molecule has 1 aromatic heterocycles. The van der Waals surface area contributed by atoms with Crippen molar-refractivity contribution in [1.29, 1.82) is 0 Å². The van der Waals surface area contributed by atoms with Crippen LogP contribution in [0.15, 0.2) is 4.79 Å². The molecule has 2 heterocycles. The van der Waals surface area contributed by atoms with Gasteiger partial charge in [0.05, 0.1) is 6.04 Å². The fraction of sp³-hybridized carbons (Fsp3) is 0.769. The number of nitrogens with zero attached hydrogens (tertiary/aromatic N) is 4. The summed E-state index contributed by atoms with van der Waals surface area (Å²) in [7, 11) is 1.06. The fourth-order valence-corrected chi connectivity index (χ4v) is 2.59. The van der Waals surface area contributed by atoms with Crippen molar-refractivity contribution in [3.05, 3.63) is 16.3 Å². The van der Waals surface area contributed by atoms with Gasteiger partial charge < -0.3 is 10.2 Å². The molecule has 0 aromatic carbocycles. The minimum Gasteiger partial charge on any atom is -0.336 e. The molecule has 1 aliphatic heterocycles. The summed E-state index contributed by atoms with van der Waals surface area (Å²) in [5.41, 5.74) is -0.789. The fourth-order valence-electron chi connectivity index (χ4n) is 2.59. The van der Waals surface area contributed by atoms with E-state index in [2.05, 4.69) is 10.4 Å². The third-order valence-corrected chi connectivity index (χ3v) is 3.77. The number of urea groups is 1. The predicted octanol–water partition coefficient (Wildman–Crippen LogP) is 1.36. The van der Waals surface area contributed by atoms with Gasteiger partial charge in [0, 0.05) is 26.2 Å². The normalized spacial score (nSPS) is 16.9. The number of carbonyl (C=O) groups excluding carboxylic acids is 1. The van der Waals surface area contributed by atoms with Gasteiger partial charge in [-0.1, -0.05) is 0 Å². The first-order valence-electron chi connectivity index (χ1n) is 7.39. The van der Waals surface area contributed by atoms with Crippen LogP contribution in [0.3, 0.4) is 0 Å². The number of nitrogens with one attached hydrogen (secondary N) is 1. The minimum atomic E-state index is -4.67. The van der Waals surface area contributed by atoms with Crippen molar-refractivity contribution in [1.82, 2.24) is 24.6 Å². The summed E-state index contributed by atoms with van der Waals surface area (Å²) in [6, 6.07) is -0.635. The van der Waals surface area contributed by atoms with Crippen LogP contribution in [-0.4, -0.2) is 44.4 Å². The van der Waals surface area contributed by atoms with Crippen LogP contribution in [0.5, 0.6) is 0 Å². The second-order valence-corrected chi connectivity index (χ2v) is 5.93. The van der Waals surface area contributed by atoms with Gasteiger partial charge in [0.1, 0.15) is 0 Å². The SMILES string of the molecule is CC(C)NC(=O)N1CCC(n2nc(C(F)(F)F)n(C)c2=O)CC1. The number of amides is 2. The molecule has 1 aliphatic rings. The van der Waals surface area contributed by atoms with E-state index in [9.17, 15) is 22.8 Å². The van der Waals surface area contributed by atoms with Crippen LogP contribution in [0, 0.1) is 0 Å². The molecule has 0 saturated carbocycles. The zero-order valence-corrected chi connectivity index (χ0v) is 13.2. The third-order valence-electron chi connectivity index (χ3n) is 3.77. The summed E-state index contributed by atoms with van der Waals surface area (Å²) >= 11 is 0. The standard InChI is InChI=1S/C13H20F3N5O2/c1-8(2)17-11(22)20-6-4-9(5-7-20)21-12(23)19(3)10(18-21)13(14,15)16/h8-9H,4-7H2,1-3H3,(H,17,22). The lowest BCUT2D eigenvalue weighted by molar-refractivity contribution is -0.147. The van der Waals surface area contributed by atoms with E-state index < -0.39 is 23.7 Å². The van der Waals surface area contributed by atoms with E-state index in [1.807, 2.05) is 13.8 Å². The lowest BCUT2D eigenvalue weighted by Crippen LogP contribution is -2.47. The molecule has 0 radical (unpaired) electrons. The van der Waals surface area contributed by atoms with Crippen molar-refractivity contribution in [2.24, 2.45) is 7.05 Å². The van der Waals surface area contributed by atoms with Crippen molar-refractivity contribution in [3.63, 3.8) is 0 Å². The number of piperidine rings is 1. The lowest BCUT2D eigenvalue weighted by Gasteiger charge is -2.32. The number of hydrogen-bond donors (Lipinski definition) is 1. The molecular formula is C13H20F3N5O2. The van der Waals surface area contributed by atoms with Crippen molar-refractivity contribution in [2.75, 3.05) is 13.1 Å². The van der Waals surface area contributed by atoms with Crippen molar-refractivity contribution in [3.8, 4) is 0 Å². The number of halogens is 3. The highest BCUT2D eigenvalue weighted by Gasteiger charge is 2.39. The Kier molecular flexibility index (Phi) is 4.71. The Morgan fingerprint density at radius 3 is 2.30 bits per heavy atom. The smallest absolute Gasteiger partial charge is 0.336 e. The summed E-state index contributed by atoms with van der Waals surface area (Å²) in [6.07, 6.45) is -3.89. The van der Waals surface area contributed by atoms with Gasteiger partial charge in [-0.05, 0) is 26.7 Å². The van der Waals surface area contributed by atoms with E-state index in [1.54, 1.807) is 4.90 Å². The Morgan fingerprint density at radius 2 is 1.87 bits per heavy atom. The number of alkyl halides is 3. The molecule has 1 fully saturated rings. The Balaban J connectivity index is 2.09. The summed E-state index contributed by atoms with van der Waals surface area (Å²) in [4.78, 5) is 25.4. The molecule has 0 atom stereocenters. The molecule has 0 unspecified atom stereocenters. The number of carbonyl (C=O) groups is 1. The summed E-state index contributed by atoms with van der Waals surface area (Å²) in [6.45, 7) is 4.43. The number of likely N-dealkylation sites (tertiary alicyclic amines) is 1. The molecule has 2 rings (SSSR count). The van der Waals surface area contributed by atoms with Gasteiger partial charge in [-0.2, -0.15) is 13.2 Å². The minimum absolute atomic E-state index is 0.00739.